The Balaban J connectivity index is 3.48. The van der Waals surface area contributed by atoms with Gasteiger partial charge in [0.15, 0.2) is 0 Å². The lowest BCUT2D eigenvalue weighted by molar-refractivity contribution is 0.124. The third-order valence-electron chi connectivity index (χ3n) is 4.33. The van der Waals surface area contributed by atoms with Gasteiger partial charge in [-0.15, -0.1) is 19.7 Å². The van der Waals surface area contributed by atoms with Gasteiger partial charge in [0, 0.05) is 5.60 Å². The van der Waals surface area contributed by atoms with Crippen LogP contribution in [0.3, 0.4) is 0 Å². The first-order chi connectivity index (χ1) is 7.60. The van der Waals surface area contributed by atoms with E-state index in [1.807, 2.05) is 0 Å². The molecule has 1 aliphatic rings. The van der Waals surface area contributed by atoms with E-state index in [1.54, 1.807) is 0 Å². The summed E-state index contributed by atoms with van der Waals surface area (Å²) in [5, 5.41) is 0. The van der Waals surface area contributed by atoms with E-state index in [9.17, 15) is 0 Å². The van der Waals surface area contributed by atoms with Crippen LogP contribution in [0.2, 0.25) is 25.7 Å². The maximum absolute atomic E-state index is 6.52. The maximum atomic E-state index is 6.52. The fraction of sp³-hybridized carbons (Fsp3) is 0.538. The molecule has 4 heteroatoms. The normalized spacial score (nSPS) is 33.7. The summed E-state index contributed by atoms with van der Waals surface area (Å²) in [7, 11) is -5.06. The Morgan fingerprint density at radius 1 is 1.00 bits per heavy atom. The zero-order chi connectivity index (χ0) is 13.5. The Morgan fingerprint density at radius 2 is 1.47 bits per heavy atom. The Bertz CT molecular complexity index is 352. The molecule has 0 aromatic carbocycles. The van der Waals surface area contributed by atoms with Crippen molar-refractivity contribution in [1.29, 1.82) is 0 Å². The maximum Gasteiger partial charge on any atom is 0.206 e. The molecule has 0 spiro atoms. The minimum atomic E-state index is -1.93. The number of rotatable bonds is 3. The average Bonchev–Trinajstić information content (AvgIpc) is 2.15. The summed E-state index contributed by atoms with van der Waals surface area (Å²) in [6.07, 6.45) is 0. The van der Waals surface area contributed by atoms with Crippen LogP contribution >= 0.6 is 0 Å². The Labute approximate surface area is 109 Å². The molecule has 1 saturated heterocycles. The molecule has 0 bridgehead atoms. The van der Waals surface area contributed by atoms with Crippen LogP contribution in [0, 0.1) is 0 Å². The van der Waals surface area contributed by atoms with Crippen molar-refractivity contribution in [1.82, 2.24) is 0 Å². The molecule has 0 N–H and O–H groups in total. The predicted octanol–water partition coefficient (Wildman–Crippen LogP) is 3.86. The summed E-state index contributed by atoms with van der Waals surface area (Å²) >= 11 is 0. The van der Waals surface area contributed by atoms with E-state index in [1.165, 1.54) is 6.04 Å². The molecular formula is C13H26OSi3. The van der Waals surface area contributed by atoms with Gasteiger partial charge < -0.3 is 4.43 Å². The smallest absolute Gasteiger partial charge is 0.206 e. The van der Waals surface area contributed by atoms with Crippen LogP contribution < -0.4 is 0 Å². The second-order valence-electron chi connectivity index (χ2n) is 6.51. The van der Waals surface area contributed by atoms with Crippen LogP contribution in [0.25, 0.3) is 0 Å². The van der Waals surface area contributed by atoms with E-state index in [0.29, 0.717) is 0 Å². The Kier molecular flexibility index (Phi) is 3.67. The van der Waals surface area contributed by atoms with Crippen LogP contribution in [0.4, 0.5) is 0 Å². The van der Waals surface area contributed by atoms with E-state index in [2.05, 4.69) is 70.3 Å². The highest BCUT2D eigenvalue weighted by Crippen LogP contribution is 2.45. The standard InChI is InChI=1S/C13H26OSi3/c1-9-16(8)14-13(4,5)12-15(6,7)17(16,10-2)11-3/h9-11H,1-3,12H2,4-8H3. The van der Waals surface area contributed by atoms with E-state index in [-0.39, 0.29) is 5.60 Å². The zero-order valence-electron chi connectivity index (χ0n) is 12.0. The highest BCUT2D eigenvalue weighted by molar-refractivity contribution is 7.72. The van der Waals surface area contributed by atoms with Gasteiger partial charge >= 0.3 is 0 Å². The molecule has 0 amide bonds. The third kappa shape index (κ3) is 2.01. The molecule has 1 nitrogen and oxygen atoms in total. The highest BCUT2D eigenvalue weighted by atomic mass is 29.6. The monoisotopic (exact) mass is 282 g/mol. The fourth-order valence-corrected chi connectivity index (χ4v) is 40.3. The van der Waals surface area contributed by atoms with Gasteiger partial charge in [0.05, 0.1) is 7.59 Å². The topological polar surface area (TPSA) is 9.23 Å². The van der Waals surface area contributed by atoms with Crippen molar-refractivity contribution >= 4 is 22.5 Å². The first-order valence-corrected chi connectivity index (χ1v) is 16.1. The number of hydrogen-bond donors (Lipinski definition) is 0. The molecule has 0 radical (unpaired) electrons. The van der Waals surface area contributed by atoms with Crippen molar-refractivity contribution in [2.75, 3.05) is 0 Å². The Hall–Kier alpha value is -0.169. The number of hydrogen-bond acceptors (Lipinski definition) is 1. The third-order valence-corrected chi connectivity index (χ3v) is 39.1. The van der Waals surface area contributed by atoms with Gasteiger partial charge in [0.25, 0.3) is 0 Å². The van der Waals surface area contributed by atoms with Gasteiger partial charge in [-0.25, -0.2) is 0 Å². The molecular weight excluding hydrogens is 256 g/mol. The van der Waals surface area contributed by atoms with Gasteiger partial charge in [-0.2, -0.15) is 0 Å². The van der Waals surface area contributed by atoms with Crippen molar-refractivity contribution < 1.29 is 4.43 Å². The van der Waals surface area contributed by atoms with E-state index in [0.717, 1.165) is 0 Å². The van der Waals surface area contributed by atoms with Gasteiger partial charge in [-0.05, 0) is 26.4 Å². The summed E-state index contributed by atoms with van der Waals surface area (Å²) in [6, 6.07) is 1.20. The van der Waals surface area contributed by atoms with E-state index in [4.69, 9.17) is 4.43 Å². The molecule has 1 aliphatic heterocycles. The van der Waals surface area contributed by atoms with Crippen LogP contribution in [-0.2, 0) is 4.43 Å². The van der Waals surface area contributed by atoms with Gasteiger partial charge in [0.2, 0.25) is 7.83 Å². The fourth-order valence-electron chi connectivity index (χ4n) is 3.83. The lowest BCUT2D eigenvalue weighted by Gasteiger charge is -2.58. The summed E-state index contributed by atoms with van der Waals surface area (Å²) in [5.74, 6) is 0. The van der Waals surface area contributed by atoms with Crippen molar-refractivity contribution in [3.63, 3.8) is 0 Å². The molecule has 96 valence electrons. The molecule has 1 fully saturated rings. The van der Waals surface area contributed by atoms with Gasteiger partial charge in [0.1, 0.15) is 7.11 Å². The summed E-state index contributed by atoms with van der Waals surface area (Å²) in [6.45, 7) is 24.1. The van der Waals surface area contributed by atoms with Crippen LogP contribution in [-0.4, -0.2) is 28.1 Å². The Morgan fingerprint density at radius 3 is 1.82 bits per heavy atom. The van der Waals surface area contributed by atoms with Crippen molar-refractivity contribution in [3.8, 4) is 0 Å². The highest BCUT2D eigenvalue weighted by Gasteiger charge is 2.64. The minimum Gasteiger partial charge on any atom is -0.411 e. The van der Waals surface area contributed by atoms with Crippen LogP contribution in [0.5, 0.6) is 0 Å². The van der Waals surface area contributed by atoms with E-state index >= 15 is 0 Å². The second kappa shape index (κ2) is 4.19. The van der Waals surface area contributed by atoms with Crippen molar-refractivity contribution in [2.24, 2.45) is 0 Å². The summed E-state index contributed by atoms with van der Waals surface area (Å²) in [5.41, 5.74) is 6.58. The SMILES string of the molecule is C=C[Si]1(C)OC(C)(C)C[Si](C)(C)[Si]1(C=C)C=C. The first-order valence-electron chi connectivity index (χ1n) is 6.21. The molecule has 0 aromatic heterocycles. The summed E-state index contributed by atoms with van der Waals surface area (Å²) < 4.78 is 6.52. The molecule has 17 heavy (non-hydrogen) atoms. The first kappa shape index (κ1) is 14.9. The second-order valence-corrected chi connectivity index (χ2v) is 29.5. The quantitative estimate of drug-likeness (QED) is 0.714. The van der Waals surface area contributed by atoms with Crippen LogP contribution in [0.15, 0.2) is 36.8 Å². The van der Waals surface area contributed by atoms with Crippen LogP contribution in [0.1, 0.15) is 13.8 Å². The van der Waals surface area contributed by atoms with Crippen molar-refractivity contribution in [2.45, 2.75) is 45.1 Å². The average molecular weight is 283 g/mol. The predicted molar refractivity (Wildman–Crippen MR) is 85.4 cm³/mol. The minimum absolute atomic E-state index is 0.00654. The largest absolute Gasteiger partial charge is 0.411 e. The molecule has 1 heterocycles. The van der Waals surface area contributed by atoms with Gasteiger partial charge in [-0.3, -0.25) is 0 Å². The van der Waals surface area contributed by atoms with E-state index < -0.39 is 22.5 Å². The molecule has 1 atom stereocenters. The molecule has 1 rings (SSSR count). The van der Waals surface area contributed by atoms with Crippen molar-refractivity contribution in [3.05, 3.63) is 36.8 Å². The molecule has 0 aliphatic carbocycles. The molecule has 0 saturated carbocycles. The molecule has 0 aromatic rings. The zero-order valence-corrected chi connectivity index (χ0v) is 15.0. The lowest BCUT2D eigenvalue weighted by Crippen LogP contribution is -2.79. The lowest BCUT2D eigenvalue weighted by atomic mass is 10.2. The molecule has 1 unspecified atom stereocenters. The van der Waals surface area contributed by atoms with Gasteiger partial charge in [-0.1, -0.05) is 30.2 Å². The summed E-state index contributed by atoms with van der Waals surface area (Å²) in [4.78, 5) is 0.